The molecule has 0 aromatic heterocycles. The molecule has 0 saturated carbocycles. The molecule has 3 heteroatoms. The van der Waals surface area contributed by atoms with Crippen LogP contribution in [0.15, 0.2) is 0 Å². The van der Waals surface area contributed by atoms with Gasteiger partial charge in [0.1, 0.15) is 7.14 Å². The molecule has 0 N–H and O–H groups in total. The van der Waals surface area contributed by atoms with Crippen LogP contribution >= 0.6 is 15.1 Å². The van der Waals surface area contributed by atoms with Crippen LogP contribution in [0.1, 0.15) is 83.1 Å². The zero-order chi connectivity index (χ0) is 16.8. The maximum Gasteiger partial charge on any atom is 0.102 e. The molecule has 0 aliphatic rings. The smallest absolute Gasteiger partial charge is 0.102 e. The maximum absolute atomic E-state index is 14.0. The van der Waals surface area contributed by atoms with Crippen molar-refractivity contribution in [3.05, 3.63) is 0 Å². The maximum atomic E-state index is 14.0. The lowest BCUT2D eigenvalue weighted by atomic mass is 10.2. The summed E-state index contributed by atoms with van der Waals surface area (Å²) in [6.07, 6.45) is 0. The minimum Gasteiger partial charge on any atom is -0.322 e. The lowest BCUT2D eigenvalue weighted by molar-refractivity contribution is 0.521. The molecule has 0 unspecified atom stereocenters. The van der Waals surface area contributed by atoms with E-state index >= 15 is 0 Å². The van der Waals surface area contributed by atoms with Crippen LogP contribution in [0.3, 0.4) is 0 Å². The monoisotopic (exact) mass is 320 g/mol. The molecule has 20 heavy (non-hydrogen) atoms. The van der Waals surface area contributed by atoms with Crippen molar-refractivity contribution in [3.63, 3.8) is 0 Å². The van der Waals surface area contributed by atoms with Crippen LogP contribution in [0, 0.1) is 0 Å². The van der Waals surface area contributed by atoms with Crippen LogP contribution in [0.5, 0.6) is 0 Å². The molecule has 0 spiro atoms. The fourth-order valence-corrected chi connectivity index (χ4v) is 15.5. The van der Waals surface area contributed by atoms with E-state index in [1.165, 1.54) is 0 Å². The summed E-state index contributed by atoms with van der Waals surface area (Å²) in [5, 5.41) is 0.226. The summed E-state index contributed by atoms with van der Waals surface area (Å²) in [4.78, 5) is 0. The van der Waals surface area contributed by atoms with Crippen molar-refractivity contribution in [2.45, 2.75) is 104 Å². The molecule has 0 radical (unpaired) electrons. The Bertz CT molecular complexity index is 338. The molecule has 0 saturated heterocycles. The van der Waals surface area contributed by atoms with E-state index in [1.807, 2.05) is 0 Å². The highest BCUT2D eigenvalue weighted by atomic mass is 31.2. The van der Waals surface area contributed by atoms with Gasteiger partial charge in [0.05, 0.1) is 0 Å². The van der Waals surface area contributed by atoms with Crippen molar-refractivity contribution in [2.24, 2.45) is 0 Å². The van der Waals surface area contributed by atoms with Crippen LogP contribution in [0.2, 0.25) is 0 Å². The second kappa shape index (κ2) is 5.70. The summed E-state index contributed by atoms with van der Waals surface area (Å²) in [6, 6.07) is 0. The molecule has 0 fully saturated rings. The molecule has 0 amide bonds. The van der Waals surface area contributed by atoms with Crippen molar-refractivity contribution in [1.82, 2.24) is 0 Å². The quantitative estimate of drug-likeness (QED) is 0.501. The van der Waals surface area contributed by atoms with E-state index in [0.29, 0.717) is 0 Å². The van der Waals surface area contributed by atoms with Crippen LogP contribution in [-0.2, 0) is 4.57 Å². The average Bonchev–Trinajstić information content (AvgIpc) is 2.05. The van der Waals surface area contributed by atoms with Gasteiger partial charge in [0, 0.05) is 16.2 Å². The van der Waals surface area contributed by atoms with Crippen LogP contribution < -0.4 is 0 Å². The van der Waals surface area contributed by atoms with E-state index in [9.17, 15) is 4.57 Å². The van der Waals surface area contributed by atoms with Crippen molar-refractivity contribution >= 4 is 15.1 Å². The van der Waals surface area contributed by atoms with Crippen molar-refractivity contribution in [2.75, 3.05) is 5.90 Å². The van der Waals surface area contributed by atoms with Gasteiger partial charge in [0.25, 0.3) is 0 Å². The summed E-state index contributed by atoms with van der Waals surface area (Å²) < 4.78 is 14.0. The molecule has 0 atom stereocenters. The van der Waals surface area contributed by atoms with Gasteiger partial charge < -0.3 is 4.57 Å². The van der Waals surface area contributed by atoms with Crippen LogP contribution in [0.25, 0.3) is 0 Å². The molecule has 1 nitrogen and oxygen atoms in total. The standard InChI is InChI=1S/C17H38OP2/c1-14(2,3)19(15(4,5)6)13-20(18,16(7,8)9)17(10,11)12/h13H2,1-12H3. The predicted octanol–water partition coefficient (Wildman–Crippen LogP) is 6.98. The Labute approximate surface area is 129 Å². The van der Waals surface area contributed by atoms with Crippen molar-refractivity contribution < 1.29 is 4.57 Å². The highest BCUT2D eigenvalue weighted by Gasteiger charge is 2.50. The van der Waals surface area contributed by atoms with Crippen LogP contribution in [0.4, 0.5) is 0 Å². The van der Waals surface area contributed by atoms with Gasteiger partial charge in [-0.1, -0.05) is 91.0 Å². The molecular formula is C17H38OP2. The molecule has 0 aliphatic carbocycles. The second-order valence-corrected chi connectivity index (χ2v) is 18.8. The highest BCUT2D eigenvalue weighted by molar-refractivity contribution is 7.80. The zero-order valence-corrected chi connectivity index (χ0v) is 17.8. The third-order valence-corrected chi connectivity index (χ3v) is 14.4. The molecule has 0 bridgehead atoms. The summed E-state index contributed by atoms with van der Waals surface area (Å²) in [7, 11) is -2.63. The van der Waals surface area contributed by atoms with Crippen LogP contribution in [-0.4, -0.2) is 26.5 Å². The fourth-order valence-electron chi connectivity index (χ4n) is 3.06. The van der Waals surface area contributed by atoms with E-state index in [4.69, 9.17) is 0 Å². The minimum absolute atomic E-state index is 0.123. The molecule has 122 valence electrons. The van der Waals surface area contributed by atoms with Gasteiger partial charge in [-0.25, -0.2) is 0 Å². The Morgan fingerprint density at radius 3 is 1.05 bits per heavy atom. The van der Waals surface area contributed by atoms with Crippen molar-refractivity contribution in [3.8, 4) is 0 Å². The number of hydrogen-bond acceptors (Lipinski definition) is 1. The van der Waals surface area contributed by atoms with E-state index in [2.05, 4.69) is 83.1 Å². The van der Waals surface area contributed by atoms with E-state index in [1.54, 1.807) is 0 Å². The van der Waals surface area contributed by atoms with Gasteiger partial charge in [-0.05, 0) is 10.3 Å². The first kappa shape index (κ1) is 20.7. The average molecular weight is 320 g/mol. The lowest BCUT2D eigenvalue weighted by Gasteiger charge is -2.49. The summed E-state index contributed by atoms with van der Waals surface area (Å²) >= 11 is 0. The Morgan fingerprint density at radius 2 is 0.900 bits per heavy atom. The SMILES string of the molecule is CC(C)(C)P(CP(=O)(C(C)(C)C)C(C)(C)C)C(C)(C)C. The molecule has 0 rings (SSSR count). The minimum atomic E-state index is -2.31. The van der Waals surface area contributed by atoms with Gasteiger partial charge in [0.2, 0.25) is 0 Å². The molecule has 0 aromatic rings. The predicted molar refractivity (Wildman–Crippen MR) is 98.4 cm³/mol. The van der Waals surface area contributed by atoms with E-state index < -0.39 is 7.14 Å². The fraction of sp³-hybridized carbons (Fsp3) is 1.00. The Hall–Kier alpha value is 0.660. The second-order valence-electron chi connectivity index (χ2n) is 9.99. The van der Waals surface area contributed by atoms with Gasteiger partial charge in [-0.15, -0.1) is 0 Å². The summed E-state index contributed by atoms with van der Waals surface area (Å²) in [5.74, 6) is 0.905. The Balaban J connectivity index is 5.87. The Morgan fingerprint density at radius 1 is 0.650 bits per heavy atom. The Kier molecular flexibility index (Phi) is 5.89. The van der Waals surface area contributed by atoms with Gasteiger partial charge >= 0.3 is 0 Å². The summed E-state index contributed by atoms with van der Waals surface area (Å²) in [6.45, 7) is 26.9. The van der Waals surface area contributed by atoms with E-state index in [0.717, 1.165) is 5.90 Å². The molecule has 0 aromatic carbocycles. The summed E-state index contributed by atoms with van der Waals surface area (Å²) in [5.41, 5.74) is 0. The van der Waals surface area contributed by atoms with Gasteiger partial charge in [0.15, 0.2) is 0 Å². The largest absolute Gasteiger partial charge is 0.322 e. The first-order valence-corrected chi connectivity index (χ1v) is 11.1. The van der Waals surface area contributed by atoms with E-state index in [-0.39, 0.29) is 28.5 Å². The zero-order valence-electron chi connectivity index (χ0n) is 16.0. The third-order valence-electron chi connectivity index (χ3n) is 4.13. The first-order chi connectivity index (χ1) is 8.34. The van der Waals surface area contributed by atoms with Crippen molar-refractivity contribution in [1.29, 1.82) is 0 Å². The molecule has 0 aliphatic heterocycles. The normalized spacial score (nSPS) is 15.8. The van der Waals surface area contributed by atoms with Gasteiger partial charge in [-0.3, -0.25) is 0 Å². The first-order valence-electron chi connectivity index (χ1n) is 7.71. The topological polar surface area (TPSA) is 17.1 Å². The number of rotatable bonds is 2. The van der Waals surface area contributed by atoms with Gasteiger partial charge in [-0.2, -0.15) is 0 Å². The molecule has 0 heterocycles. The third kappa shape index (κ3) is 4.58. The number of hydrogen-bond donors (Lipinski definition) is 0. The lowest BCUT2D eigenvalue weighted by Crippen LogP contribution is -2.34. The highest BCUT2D eigenvalue weighted by Crippen LogP contribution is 2.76. The molecular weight excluding hydrogens is 282 g/mol.